The zero-order valence-electron chi connectivity index (χ0n) is 16.7. The topological polar surface area (TPSA) is 63.2 Å². The highest BCUT2D eigenvalue weighted by atomic mass is 16.5. The Bertz CT molecular complexity index is 999. The Morgan fingerprint density at radius 2 is 1.93 bits per heavy atom. The van der Waals surface area contributed by atoms with Crippen LogP contribution in [0.3, 0.4) is 0 Å². The van der Waals surface area contributed by atoms with E-state index in [4.69, 9.17) is 4.74 Å². The van der Waals surface area contributed by atoms with Gasteiger partial charge in [-0.25, -0.2) is 0 Å². The van der Waals surface area contributed by atoms with Crippen LogP contribution in [0.25, 0.3) is 0 Å². The first-order valence-electron chi connectivity index (χ1n) is 9.28. The number of nitrogens with one attached hydrogen (secondary N) is 2. The molecule has 0 bridgehead atoms. The van der Waals surface area contributed by atoms with Gasteiger partial charge in [-0.2, -0.15) is 0 Å². The summed E-state index contributed by atoms with van der Waals surface area (Å²) in [5.41, 5.74) is 6.16. The van der Waals surface area contributed by atoms with E-state index in [0.29, 0.717) is 5.56 Å². The molecule has 3 aromatic rings. The molecule has 1 heterocycles. The van der Waals surface area contributed by atoms with E-state index < -0.39 is 0 Å². The van der Waals surface area contributed by atoms with Crippen LogP contribution in [0.2, 0.25) is 0 Å². The number of anilines is 3. The molecule has 1 aromatic heterocycles. The van der Waals surface area contributed by atoms with Crippen LogP contribution >= 0.6 is 0 Å². The van der Waals surface area contributed by atoms with Crippen molar-refractivity contribution in [3.05, 3.63) is 77.1 Å². The van der Waals surface area contributed by atoms with E-state index in [2.05, 4.69) is 22.5 Å². The lowest BCUT2D eigenvalue weighted by atomic mass is 10.1. The third-order valence-electron chi connectivity index (χ3n) is 4.61. The fourth-order valence-corrected chi connectivity index (χ4v) is 3.10. The molecule has 0 saturated carbocycles. The molecule has 2 aromatic carbocycles. The maximum Gasteiger partial charge on any atom is 0.257 e. The zero-order valence-corrected chi connectivity index (χ0v) is 16.7. The van der Waals surface area contributed by atoms with Crippen LogP contribution in [-0.2, 0) is 6.42 Å². The number of ether oxygens (including phenoxy) is 1. The van der Waals surface area contributed by atoms with Gasteiger partial charge in [-0.1, -0.05) is 31.2 Å². The standard InChI is InChI=1S/C23H25N3O2/c1-5-17-8-6-7-16(3)22(17)26-23(27)18-12-19(14-24-13-18)25-20-11-15(2)9-10-21(20)28-4/h6-14,25H,5H2,1-4H3,(H,26,27). The van der Waals surface area contributed by atoms with Crippen molar-refractivity contribution in [1.29, 1.82) is 0 Å². The van der Waals surface area contributed by atoms with Crippen LogP contribution in [0.5, 0.6) is 5.75 Å². The molecule has 0 fully saturated rings. The predicted molar refractivity (Wildman–Crippen MR) is 114 cm³/mol. The Hall–Kier alpha value is -3.34. The highest BCUT2D eigenvalue weighted by molar-refractivity contribution is 6.05. The quantitative estimate of drug-likeness (QED) is 0.616. The normalized spacial score (nSPS) is 10.4. The highest BCUT2D eigenvalue weighted by Gasteiger charge is 2.12. The molecule has 144 valence electrons. The number of hydrogen-bond donors (Lipinski definition) is 2. The SMILES string of the molecule is CCc1cccc(C)c1NC(=O)c1cncc(Nc2cc(C)ccc2OC)c1. The van der Waals surface area contributed by atoms with Gasteiger partial charge in [0, 0.05) is 11.9 Å². The predicted octanol–water partition coefficient (Wildman–Crippen LogP) is 5.27. The number of methoxy groups -OCH3 is 1. The molecule has 0 aliphatic carbocycles. The molecule has 5 nitrogen and oxygen atoms in total. The second-order valence-corrected chi connectivity index (χ2v) is 6.71. The van der Waals surface area contributed by atoms with E-state index in [1.54, 1.807) is 25.6 Å². The molecule has 0 aliphatic rings. The molecule has 0 aliphatic heterocycles. The van der Waals surface area contributed by atoms with Crippen LogP contribution < -0.4 is 15.4 Å². The lowest BCUT2D eigenvalue weighted by Crippen LogP contribution is -2.15. The van der Waals surface area contributed by atoms with Gasteiger partial charge in [0.1, 0.15) is 5.75 Å². The number of hydrogen-bond acceptors (Lipinski definition) is 4. The van der Waals surface area contributed by atoms with E-state index in [9.17, 15) is 4.79 Å². The largest absolute Gasteiger partial charge is 0.495 e. The third-order valence-corrected chi connectivity index (χ3v) is 4.61. The first-order chi connectivity index (χ1) is 13.5. The molecule has 0 unspecified atom stereocenters. The summed E-state index contributed by atoms with van der Waals surface area (Å²) < 4.78 is 5.41. The second-order valence-electron chi connectivity index (χ2n) is 6.71. The van der Waals surface area contributed by atoms with Crippen LogP contribution in [0.4, 0.5) is 17.1 Å². The number of nitrogens with zero attached hydrogens (tertiary/aromatic N) is 1. The maximum absolute atomic E-state index is 12.8. The van der Waals surface area contributed by atoms with E-state index in [1.165, 1.54) is 0 Å². The van der Waals surface area contributed by atoms with Gasteiger partial charge < -0.3 is 15.4 Å². The maximum atomic E-state index is 12.8. The lowest BCUT2D eigenvalue weighted by molar-refractivity contribution is 0.102. The van der Waals surface area contributed by atoms with E-state index in [-0.39, 0.29) is 5.91 Å². The number of aryl methyl sites for hydroxylation is 3. The summed E-state index contributed by atoms with van der Waals surface area (Å²) in [6.07, 6.45) is 4.10. The number of carbonyl (C=O) groups excluding carboxylic acids is 1. The summed E-state index contributed by atoms with van der Waals surface area (Å²) in [6.45, 7) is 6.08. The van der Waals surface area contributed by atoms with Crippen LogP contribution in [-0.4, -0.2) is 18.0 Å². The molecule has 0 saturated heterocycles. The number of pyridine rings is 1. The van der Waals surface area contributed by atoms with Crippen molar-refractivity contribution < 1.29 is 9.53 Å². The minimum absolute atomic E-state index is 0.184. The molecular weight excluding hydrogens is 350 g/mol. The fourth-order valence-electron chi connectivity index (χ4n) is 3.10. The molecule has 5 heteroatoms. The van der Waals surface area contributed by atoms with Crippen molar-refractivity contribution in [3.8, 4) is 5.75 Å². The molecule has 0 atom stereocenters. The highest BCUT2D eigenvalue weighted by Crippen LogP contribution is 2.29. The van der Waals surface area contributed by atoms with E-state index >= 15 is 0 Å². The first kappa shape index (κ1) is 19.4. The number of para-hydroxylation sites is 1. The van der Waals surface area contributed by atoms with Crippen molar-refractivity contribution in [2.75, 3.05) is 17.7 Å². The van der Waals surface area contributed by atoms with Gasteiger partial charge in [0.05, 0.1) is 30.2 Å². The van der Waals surface area contributed by atoms with Crippen molar-refractivity contribution in [2.24, 2.45) is 0 Å². The molecule has 28 heavy (non-hydrogen) atoms. The molecule has 1 amide bonds. The minimum atomic E-state index is -0.184. The van der Waals surface area contributed by atoms with Gasteiger partial charge in [-0.15, -0.1) is 0 Å². The number of carbonyl (C=O) groups is 1. The van der Waals surface area contributed by atoms with Gasteiger partial charge in [0.2, 0.25) is 0 Å². The molecule has 2 N–H and O–H groups in total. The minimum Gasteiger partial charge on any atom is -0.495 e. The van der Waals surface area contributed by atoms with Crippen LogP contribution in [0.1, 0.15) is 34.0 Å². The van der Waals surface area contributed by atoms with Crippen molar-refractivity contribution in [3.63, 3.8) is 0 Å². The zero-order chi connectivity index (χ0) is 20.1. The first-order valence-corrected chi connectivity index (χ1v) is 9.28. The Morgan fingerprint density at radius 3 is 2.68 bits per heavy atom. The Labute approximate surface area is 165 Å². The molecule has 0 radical (unpaired) electrons. The Balaban J connectivity index is 1.84. The molecular formula is C23H25N3O2. The average molecular weight is 375 g/mol. The summed E-state index contributed by atoms with van der Waals surface area (Å²) in [5.74, 6) is 0.546. The number of benzene rings is 2. The van der Waals surface area contributed by atoms with Gasteiger partial charge in [-0.3, -0.25) is 9.78 Å². The lowest BCUT2D eigenvalue weighted by Gasteiger charge is -2.14. The summed E-state index contributed by atoms with van der Waals surface area (Å²) in [6, 6.07) is 13.7. The number of amides is 1. The summed E-state index contributed by atoms with van der Waals surface area (Å²) >= 11 is 0. The van der Waals surface area contributed by atoms with Crippen LogP contribution in [0.15, 0.2) is 54.9 Å². The monoisotopic (exact) mass is 375 g/mol. The van der Waals surface area contributed by atoms with Crippen molar-refractivity contribution in [2.45, 2.75) is 27.2 Å². The summed E-state index contributed by atoms with van der Waals surface area (Å²) in [7, 11) is 1.63. The third kappa shape index (κ3) is 4.31. The summed E-state index contributed by atoms with van der Waals surface area (Å²) in [5, 5.41) is 6.33. The summed E-state index contributed by atoms with van der Waals surface area (Å²) in [4.78, 5) is 17.0. The average Bonchev–Trinajstić information content (AvgIpc) is 2.70. The number of aromatic nitrogens is 1. The van der Waals surface area contributed by atoms with E-state index in [1.807, 2.05) is 50.2 Å². The van der Waals surface area contributed by atoms with Crippen molar-refractivity contribution >= 4 is 23.0 Å². The van der Waals surface area contributed by atoms with Gasteiger partial charge >= 0.3 is 0 Å². The van der Waals surface area contributed by atoms with Gasteiger partial charge in [-0.05, 0) is 55.2 Å². The van der Waals surface area contributed by atoms with Gasteiger partial charge in [0.25, 0.3) is 5.91 Å². The van der Waals surface area contributed by atoms with Crippen molar-refractivity contribution in [1.82, 2.24) is 4.98 Å². The van der Waals surface area contributed by atoms with Gasteiger partial charge in [0.15, 0.2) is 0 Å². The number of rotatable bonds is 6. The fraction of sp³-hybridized carbons (Fsp3) is 0.217. The Morgan fingerprint density at radius 1 is 1.11 bits per heavy atom. The van der Waals surface area contributed by atoms with E-state index in [0.717, 1.165) is 45.9 Å². The Kier molecular flexibility index (Phi) is 5.94. The van der Waals surface area contributed by atoms with Crippen LogP contribution in [0, 0.1) is 13.8 Å². The second kappa shape index (κ2) is 8.57. The smallest absolute Gasteiger partial charge is 0.257 e. The molecule has 3 rings (SSSR count). The molecule has 0 spiro atoms.